The van der Waals surface area contributed by atoms with E-state index in [0.29, 0.717) is 23.2 Å². The fraction of sp³-hybridized carbons (Fsp3) is 0.786. The predicted octanol–water partition coefficient (Wildman–Crippen LogP) is -2.87. The zero-order valence-electron chi connectivity index (χ0n) is 14.8. The summed E-state index contributed by atoms with van der Waals surface area (Å²) < 4.78 is 0.550. The number of quaternary nitrogens is 1. The van der Waals surface area contributed by atoms with E-state index in [2.05, 4.69) is 0 Å². The molecule has 25 heavy (non-hydrogen) atoms. The number of aliphatic carboxylic acids is 3. The second-order valence-electron chi connectivity index (χ2n) is 6.46. The van der Waals surface area contributed by atoms with E-state index in [9.17, 15) is 19.5 Å². The van der Waals surface area contributed by atoms with Gasteiger partial charge in [0.15, 0.2) is 0 Å². The highest BCUT2D eigenvalue weighted by molar-refractivity contribution is 7.99. The number of aliphatic hydroxyl groups excluding tert-OH is 1. The third-order valence-corrected chi connectivity index (χ3v) is 3.78. The summed E-state index contributed by atoms with van der Waals surface area (Å²) in [6, 6.07) is -1.79. The molecule has 0 aliphatic carbocycles. The topological polar surface area (TPSA) is 187 Å². The highest BCUT2D eigenvalue weighted by atomic mass is 32.2. The van der Waals surface area contributed by atoms with Gasteiger partial charge < -0.3 is 41.2 Å². The summed E-state index contributed by atoms with van der Waals surface area (Å²) in [5.74, 6) is -2.55. The fourth-order valence-corrected chi connectivity index (χ4v) is 2.49. The van der Waals surface area contributed by atoms with Crippen molar-refractivity contribution in [3.63, 3.8) is 0 Å². The summed E-state index contributed by atoms with van der Waals surface area (Å²) in [5.41, 5.74) is 10.5. The first kappa shape index (κ1) is 25.8. The van der Waals surface area contributed by atoms with Crippen LogP contribution >= 0.6 is 11.8 Å². The molecule has 3 atom stereocenters. The van der Waals surface area contributed by atoms with Crippen LogP contribution in [0.3, 0.4) is 0 Å². The van der Waals surface area contributed by atoms with Crippen LogP contribution in [0.5, 0.6) is 0 Å². The van der Waals surface area contributed by atoms with Crippen molar-refractivity contribution in [2.24, 2.45) is 11.5 Å². The number of nitrogens with zero attached hydrogens (tertiary/aromatic N) is 1. The maximum absolute atomic E-state index is 10.3. The van der Waals surface area contributed by atoms with Crippen molar-refractivity contribution in [1.82, 2.24) is 0 Å². The molecule has 0 aromatic rings. The van der Waals surface area contributed by atoms with Gasteiger partial charge in [-0.1, -0.05) is 0 Å². The van der Waals surface area contributed by atoms with Crippen molar-refractivity contribution in [2.75, 3.05) is 39.2 Å². The van der Waals surface area contributed by atoms with Gasteiger partial charge in [-0.05, 0) is 12.2 Å². The standard InChI is InChI=1S/C7H14N2O4S.C7H15NO3/c8-4(6(10)11)1-2-14-3-5(9)7(12)13;1-8(2,3)5-6(9)4-7(10)11/h4-5H,1-3,8-9H2,(H,10,11)(H,12,13);6,9H,4-5H2,1-3H3. The lowest BCUT2D eigenvalue weighted by atomic mass is 10.2. The Balaban J connectivity index is 0. The van der Waals surface area contributed by atoms with Crippen molar-refractivity contribution in [3.05, 3.63) is 0 Å². The van der Waals surface area contributed by atoms with Gasteiger partial charge in [-0.2, -0.15) is 11.8 Å². The van der Waals surface area contributed by atoms with E-state index >= 15 is 0 Å². The number of rotatable bonds is 11. The van der Waals surface area contributed by atoms with Crippen LogP contribution < -0.4 is 16.6 Å². The minimum Gasteiger partial charge on any atom is -0.550 e. The van der Waals surface area contributed by atoms with E-state index in [1.165, 1.54) is 11.8 Å². The Labute approximate surface area is 151 Å². The van der Waals surface area contributed by atoms with Crippen molar-refractivity contribution in [2.45, 2.75) is 31.0 Å². The number of hydrogen-bond donors (Lipinski definition) is 5. The monoisotopic (exact) mass is 383 g/mol. The smallest absolute Gasteiger partial charge is 0.321 e. The van der Waals surface area contributed by atoms with Crippen molar-refractivity contribution in [3.8, 4) is 0 Å². The molecule has 10 nitrogen and oxygen atoms in total. The second-order valence-corrected chi connectivity index (χ2v) is 7.61. The molecule has 0 aromatic carbocycles. The van der Waals surface area contributed by atoms with E-state index in [1.807, 2.05) is 21.1 Å². The number of hydrogen-bond acceptors (Lipinski definition) is 8. The molecule has 0 saturated carbocycles. The summed E-state index contributed by atoms with van der Waals surface area (Å²) in [6.45, 7) is 0.425. The minimum atomic E-state index is -1.20. The maximum Gasteiger partial charge on any atom is 0.321 e. The number of likely N-dealkylation sites (N-methyl/N-ethyl adjacent to an activating group) is 1. The molecule has 0 heterocycles. The lowest BCUT2D eigenvalue weighted by Gasteiger charge is -2.26. The largest absolute Gasteiger partial charge is 0.550 e. The number of carboxylic acids is 3. The highest BCUT2D eigenvalue weighted by Crippen LogP contribution is 2.05. The Morgan fingerprint density at radius 3 is 1.92 bits per heavy atom. The first-order valence-corrected chi connectivity index (χ1v) is 8.64. The zero-order valence-corrected chi connectivity index (χ0v) is 15.6. The summed E-state index contributed by atoms with van der Waals surface area (Å²) in [5, 5.41) is 36.0. The highest BCUT2D eigenvalue weighted by Gasteiger charge is 2.15. The first-order valence-electron chi connectivity index (χ1n) is 7.49. The number of carbonyl (C=O) groups excluding carboxylic acids is 1. The number of carboxylic acid groups (broad SMARTS) is 3. The van der Waals surface area contributed by atoms with E-state index in [1.54, 1.807) is 0 Å². The third-order valence-electron chi connectivity index (χ3n) is 2.67. The van der Waals surface area contributed by atoms with Crippen molar-refractivity contribution >= 4 is 29.7 Å². The summed E-state index contributed by atoms with van der Waals surface area (Å²) >= 11 is 1.29. The van der Waals surface area contributed by atoms with Crippen LogP contribution in [0.1, 0.15) is 12.8 Å². The van der Waals surface area contributed by atoms with Crippen LogP contribution in [0.4, 0.5) is 0 Å². The minimum absolute atomic E-state index is 0.266. The van der Waals surface area contributed by atoms with Crippen molar-refractivity contribution < 1.29 is 39.3 Å². The number of thioether (sulfide) groups is 1. The van der Waals surface area contributed by atoms with Gasteiger partial charge in [-0.15, -0.1) is 0 Å². The quantitative estimate of drug-likeness (QED) is 0.183. The lowest BCUT2D eigenvalue weighted by Crippen LogP contribution is -2.43. The number of nitrogens with two attached hydrogens (primary N) is 2. The molecule has 0 amide bonds. The lowest BCUT2D eigenvalue weighted by molar-refractivity contribution is -0.873. The molecule has 7 N–H and O–H groups in total. The molecule has 0 bridgehead atoms. The molecule has 0 radical (unpaired) electrons. The molecular formula is C14H29N3O7S. The van der Waals surface area contributed by atoms with E-state index < -0.39 is 36.1 Å². The van der Waals surface area contributed by atoms with Gasteiger partial charge >= 0.3 is 11.9 Å². The van der Waals surface area contributed by atoms with Crippen LogP contribution in [0.15, 0.2) is 0 Å². The number of carbonyl (C=O) groups is 3. The molecule has 0 fully saturated rings. The molecule has 0 aliphatic rings. The van der Waals surface area contributed by atoms with Crippen LogP contribution in [0, 0.1) is 0 Å². The van der Waals surface area contributed by atoms with Crippen LogP contribution in [0.25, 0.3) is 0 Å². The average molecular weight is 383 g/mol. The molecule has 0 rings (SSSR count). The maximum atomic E-state index is 10.3. The number of aliphatic hydroxyl groups is 1. The average Bonchev–Trinajstić information content (AvgIpc) is 2.40. The zero-order chi connectivity index (χ0) is 20.2. The molecule has 3 unspecified atom stereocenters. The van der Waals surface area contributed by atoms with Crippen LogP contribution in [-0.4, -0.2) is 95.1 Å². The van der Waals surface area contributed by atoms with Crippen LogP contribution in [-0.2, 0) is 14.4 Å². The fourth-order valence-electron chi connectivity index (χ4n) is 1.50. The van der Waals surface area contributed by atoms with Gasteiger partial charge in [-0.25, -0.2) is 0 Å². The summed E-state index contributed by atoms with van der Waals surface area (Å²) in [6.07, 6.45) is -0.776. The Morgan fingerprint density at radius 1 is 1.08 bits per heavy atom. The molecule has 0 aliphatic heterocycles. The first-order chi connectivity index (χ1) is 11.3. The molecule has 148 valence electrons. The normalized spacial score (nSPS) is 14.6. The Morgan fingerprint density at radius 2 is 1.56 bits per heavy atom. The third kappa shape index (κ3) is 18.8. The Hall–Kier alpha value is -1.40. The molecule has 0 aromatic heterocycles. The van der Waals surface area contributed by atoms with E-state index in [-0.39, 0.29) is 12.2 Å². The van der Waals surface area contributed by atoms with Gasteiger partial charge in [-0.3, -0.25) is 9.59 Å². The summed E-state index contributed by atoms with van der Waals surface area (Å²) in [4.78, 5) is 30.6. The molecule has 0 saturated heterocycles. The molecule has 11 heteroatoms. The van der Waals surface area contributed by atoms with E-state index in [4.69, 9.17) is 26.8 Å². The Kier molecular flexibility index (Phi) is 13.3. The van der Waals surface area contributed by atoms with Gasteiger partial charge in [0.2, 0.25) is 0 Å². The van der Waals surface area contributed by atoms with Crippen molar-refractivity contribution in [1.29, 1.82) is 0 Å². The van der Waals surface area contributed by atoms with Gasteiger partial charge in [0.1, 0.15) is 24.7 Å². The predicted molar refractivity (Wildman–Crippen MR) is 91.7 cm³/mol. The molecular weight excluding hydrogens is 354 g/mol. The van der Waals surface area contributed by atoms with Gasteiger partial charge in [0.25, 0.3) is 0 Å². The Bertz CT molecular complexity index is 407. The SMILES string of the molecule is C[N+](C)(C)CC(O)CC(=O)[O-].NC(CCSCC(N)C(=O)O)C(=O)O. The molecule has 0 spiro atoms. The van der Waals surface area contributed by atoms with Crippen LogP contribution in [0.2, 0.25) is 0 Å². The van der Waals surface area contributed by atoms with Gasteiger partial charge in [0, 0.05) is 18.1 Å². The van der Waals surface area contributed by atoms with E-state index in [0.717, 1.165) is 0 Å². The summed E-state index contributed by atoms with van der Waals surface area (Å²) in [7, 11) is 5.66. The van der Waals surface area contributed by atoms with Gasteiger partial charge in [0.05, 0.1) is 21.1 Å². The second kappa shape index (κ2) is 12.9.